The predicted molar refractivity (Wildman–Crippen MR) is 95.6 cm³/mol. The molecule has 0 unspecified atom stereocenters. The second-order valence-corrected chi connectivity index (χ2v) is 5.76. The Labute approximate surface area is 148 Å². The molecule has 0 aliphatic rings. The summed E-state index contributed by atoms with van der Waals surface area (Å²) in [6, 6.07) is 17.1. The van der Waals surface area contributed by atoms with Crippen LogP contribution in [0.2, 0.25) is 0 Å². The molecule has 1 atom stereocenters. The number of carbonyl (C=O) groups excluding carboxylic acids is 1. The number of ether oxygens (including phenoxy) is 2. The minimum atomic E-state index is -0.188. The molecule has 0 heterocycles. The van der Waals surface area contributed by atoms with Gasteiger partial charge in [0, 0.05) is 12.1 Å². The van der Waals surface area contributed by atoms with Gasteiger partial charge in [-0.3, -0.25) is 4.79 Å². The maximum Gasteiger partial charge on any atom is 0.258 e. The third-order valence-corrected chi connectivity index (χ3v) is 3.77. The van der Waals surface area contributed by atoms with Crippen molar-refractivity contribution in [2.75, 3.05) is 13.7 Å². The van der Waals surface area contributed by atoms with Crippen LogP contribution in [0, 0.1) is 11.3 Å². The van der Waals surface area contributed by atoms with Gasteiger partial charge in [0.25, 0.3) is 5.91 Å². The molecular formula is C20H22N2O3. The van der Waals surface area contributed by atoms with Crippen LogP contribution in [-0.2, 0) is 11.2 Å². The quantitative estimate of drug-likeness (QED) is 0.803. The Morgan fingerprint density at radius 2 is 1.96 bits per heavy atom. The molecule has 0 bridgehead atoms. The zero-order valence-corrected chi connectivity index (χ0v) is 14.5. The smallest absolute Gasteiger partial charge is 0.258 e. The van der Waals surface area contributed by atoms with Crippen molar-refractivity contribution in [1.82, 2.24) is 5.32 Å². The van der Waals surface area contributed by atoms with Gasteiger partial charge in [0.2, 0.25) is 0 Å². The standard InChI is InChI=1S/C20H22N2O3/c1-15(8-9-16-6-4-3-5-7-16)22-20(23)14-25-18-11-10-17(13-21)12-19(18)24-2/h3-7,10-12,15H,8-9,14H2,1-2H3,(H,22,23)/t15-/m1/s1. The van der Waals surface area contributed by atoms with Crippen molar-refractivity contribution in [3.05, 3.63) is 59.7 Å². The number of hydrogen-bond donors (Lipinski definition) is 1. The van der Waals surface area contributed by atoms with Gasteiger partial charge >= 0.3 is 0 Å². The van der Waals surface area contributed by atoms with E-state index < -0.39 is 0 Å². The highest BCUT2D eigenvalue weighted by Crippen LogP contribution is 2.27. The summed E-state index contributed by atoms with van der Waals surface area (Å²) < 4.78 is 10.7. The minimum absolute atomic E-state index is 0.0548. The fraction of sp³-hybridized carbons (Fsp3) is 0.300. The van der Waals surface area contributed by atoms with Crippen LogP contribution in [0.25, 0.3) is 0 Å². The maximum atomic E-state index is 12.0. The van der Waals surface area contributed by atoms with E-state index in [2.05, 4.69) is 17.4 Å². The number of benzene rings is 2. The first-order chi connectivity index (χ1) is 12.1. The van der Waals surface area contributed by atoms with E-state index >= 15 is 0 Å². The lowest BCUT2D eigenvalue weighted by atomic mass is 10.1. The number of rotatable bonds is 8. The molecule has 5 heteroatoms. The monoisotopic (exact) mass is 338 g/mol. The third kappa shape index (κ3) is 5.85. The van der Waals surface area contributed by atoms with Crippen molar-refractivity contribution in [3.63, 3.8) is 0 Å². The summed E-state index contributed by atoms with van der Waals surface area (Å²) in [5.41, 5.74) is 1.73. The minimum Gasteiger partial charge on any atom is -0.493 e. The van der Waals surface area contributed by atoms with E-state index in [1.807, 2.05) is 31.2 Å². The zero-order valence-electron chi connectivity index (χ0n) is 14.5. The number of nitrogens with zero attached hydrogens (tertiary/aromatic N) is 1. The highest BCUT2D eigenvalue weighted by molar-refractivity contribution is 5.77. The number of aryl methyl sites for hydroxylation is 1. The fourth-order valence-corrected chi connectivity index (χ4v) is 2.42. The van der Waals surface area contributed by atoms with Crippen LogP contribution in [-0.4, -0.2) is 25.7 Å². The molecule has 130 valence electrons. The summed E-state index contributed by atoms with van der Waals surface area (Å²) in [5.74, 6) is 0.685. The molecule has 0 aromatic heterocycles. The molecule has 0 aliphatic carbocycles. The van der Waals surface area contributed by atoms with Crippen molar-refractivity contribution in [1.29, 1.82) is 5.26 Å². The zero-order chi connectivity index (χ0) is 18.1. The fourth-order valence-electron chi connectivity index (χ4n) is 2.42. The van der Waals surface area contributed by atoms with Gasteiger partial charge in [0.15, 0.2) is 18.1 Å². The third-order valence-electron chi connectivity index (χ3n) is 3.77. The summed E-state index contributed by atoms with van der Waals surface area (Å²) in [6.07, 6.45) is 1.77. The molecule has 1 N–H and O–H groups in total. The molecule has 25 heavy (non-hydrogen) atoms. The van der Waals surface area contributed by atoms with Crippen LogP contribution in [0.4, 0.5) is 0 Å². The lowest BCUT2D eigenvalue weighted by Gasteiger charge is -2.15. The van der Waals surface area contributed by atoms with E-state index in [-0.39, 0.29) is 18.6 Å². The van der Waals surface area contributed by atoms with Crippen LogP contribution in [0.3, 0.4) is 0 Å². The number of hydrogen-bond acceptors (Lipinski definition) is 4. The number of methoxy groups -OCH3 is 1. The first-order valence-corrected chi connectivity index (χ1v) is 8.16. The van der Waals surface area contributed by atoms with Crippen molar-refractivity contribution >= 4 is 5.91 Å². The van der Waals surface area contributed by atoms with Gasteiger partial charge in [-0.2, -0.15) is 5.26 Å². The van der Waals surface area contributed by atoms with Gasteiger partial charge in [0.05, 0.1) is 18.7 Å². The first-order valence-electron chi connectivity index (χ1n) is 8.16. The molecule has 2 aromatic rings. The lowest BCUT2D eigenvalue weighted by Crippen LogP contribution is -2.36. The molecule has 1 amide bonds. The molecular weight excluding hydrogens is 316 g/mol. The second-order valence-electron chi connectivity index (χ2n) is 5.76. The van der Waals surface area contributed by atoms with Crippen molar-refractivity contribution in [2.24, 2.45) is 0 Å². The van der Waals surface area contributed by atoms with Crippen LogP contribution >= 0.6 is 0 Å². The summed E-state index contributed by atoms with van der Waals surface area (Å²) in [7, 11) is 1.50. The molecule has 0 aliphatic heterocycles. The molecule has 0 saturated heterocycles. The average Bonchev–Trinajstić information content (AvgIpc) is 2.65. The Morgan fingerprint density at radius 3 is 2.64 bits per heavy atom. The van der Waals surface area contributed by atoms with E-state index in [0.717, 1.165) is 12.8 Å². The average molecular weight is 338 g/mol. The first kappa shape index (κ1) is 18.3. The number of carbonyl (C=O) groups is 1. The molecule has 0 radical (unpaired) electrons. The van der Waals surface area contributed by atoms with Crippen LogP contribution in [0.15, 0.2) is 48.5 Å². The van der Waals surface area contributed by atoms with Gasteiger partial charge in [0.1, 0.15) is 0 Å². The number of amides is 1. The van der Waals surface area contributed by atoms with Crippen molar-refractivity contribution < 1.29 is 14.3 Å². The molecule has 0 saturated carbocycles. The molecule has 5 nitrogen and oxygen atoms in total. The van der Waals surface area contributed by atoms with E-state index in [4.69, 9.17) is 14.7 Å². The van der Waals surface area contributed by atoms with Gasteiger partial charge in [-0.1, -0.05) is 30.3 Å². The summed E-state index contributed by atoms with van der Waals surface area (Å²) in [4.78, 5) is 12.0. The van der Waals surface area contributed by atoms with E-state index in [1.54, 1.807) is 18.2 Å². The highest BCUT2D eigenvalue weighted by Gasteiger charge is 2.11. The molecule has 0 fully saturated rings. The highest BCUT2D eigenvalue weighted by atomic mass is 16.5. The van der Waals surface area contributed by atoms with E-state index in [0.29, 0.717) is 17.1 Å². The van der Waals surface area contributed by atoms with E-state index in [1.165, 1.54) is 12.7 Å². The summed E-state index contributed by atoms with van der Waals surface area (Å²) in [5, 5.41) is 11.8. The Morgan fingerprint density at radius 1 is 1.20 bits per heavy atom. The number of nitrogens with one attached hydrogen (secondary N) is 1. The maximum absolute atomic E-state index is 12.0. The topological polar surface area (TPSA) is 71.3 Å². The van der Waals surface area contributed by atoms with Crippen LogP contribution < -0.4 is 14.8 Å². The van der Waals surface area contributed by atoms with Crippen LogP contribution in [0.5, 0.6) is 11.5 Å². The van der Waals surface area contributed by atoms with Crippen molar-refractivity contribution in [3.8, 4) is 17.6 Å². The summed E-state index contributed by atoms with van der Waals surface area (Å²) in [6.45, 7) is 1.88. The Bertz CT molecular complexity index is 738. The normalized spacial score (nSPS) is 11.2. The SMILES string of the molecule is COc1cc(C#N)ccc1OCC(=O)N[C@H](C)CCc1ccccc1. The van der Waals surface area contributed by atoms with Crippen molar-refractivity contribution in [2.45, 2.75) is 25.8 Å². The van der Waals surface area contributed by atoms with Gasteiger partial charge in [-0.25, -0.2) is 0 Å². The Kier molecular flexibility index (Phi) is 6.85. The second kappa shape index (κ2) is 9.33. The predicted octanol–water partition coefficient (Wildman–Crippen LogP) is 3.08. The largest absolute Gasteiger partial charge is 0.493 e. The van der Waals surface area contributed by atoms with Gasteiger partial charge in [-0.15, -0.1) is 0 Å². The van der Waals surface area contributed by atoms with E-state index in [9.17, 15) is 4.79 Å². The number of nitriles is 1. The molecule has 2 rings (SSSR count). The molecule has 0 spiro atoms. The van der Waals surface area contributed by atoms with Crippen LogP contribution in [0.1, 0.15) is 24.5 Å². The Hall–Kier alpha value is -3.00. The Balaban J connectivity index is 1.79. The lowest BCUT2D eigenvalue weighted by molar-refractivity contribution is -0.123. The van der Waals surface area contributed by atoms with Gasteiger partial charge in [-0.05, 0) is 37.5 Å². The molecule has 2 aromatic carbocycles. The summed E-state index contributed by atoms with van der Waals surface area (Å²) >= 11 is 0. The van der Waals surface area contributed by atoms with Gasteiger partial charge < -0.3 is 14.8 Å².